The first-order chi connectivity index (χ1) is 8.77. The molecule has 0 N–H and O–H groups in total. The van der Waals surface area contributed by atoms with Gasteiger partial charge in [0.1, 0.15) is 11.2 Å². The van der Waals surface area contributed by atoms with Gasteiger partial charge in [-0.3, -0.25) is 14.0 Å². The van der Waals surface area contributed by atoms with Crippen LogP contribution in [0.3, 0.4) is 0 Å². The summed E-state index contributed by atoms with van der Waals surface area (Å²) in [6.07, 6.45) is 2.95. The minimum absolute atomic E-state index is 0.0983. The number of fused-ring (bicyclic) bond motifs is 1. The van der Waals surface area contributed by atoms with Crippen molar-refractivity contribution in [2.45, 2.75) is 0 Å². The Kier molecular flexibility index (Phi) is 2.53. The van der Waals surface area contributed by atoms with E-state index in [1.165, 1.54) is 21.9 Å². The van der Waals surface area contributed by atoms with E-state index >= 15 is 0 Å². The van der Waals surface area contributed by atoms with E-state index in [-0.39, 0.29) is 16.9 Å². The molecular weight excluding hydrogens is 248 g/mol. The Morgan fingerprint density at radius 2 is 2.11 bits per heavy atom. The molecule has 0 saturated carbocycles. The molecule has 0 fully saturated rings. The van der Waals surface area contributed by atoms with Crippen molar-refractivity contribution in [2.24, 2.45) is 0 Å². The van der Waals surface area contributed by atoms with Crippen molar-refractivity contribution in [1.29, 1.82) is 0 Å². The van der Waals surface area contributed by atoms with Crippen LogP contribution in [-0.4, -0.2) is 15.2 Å². The minimum Gasteiger partial charge on any atom is -0.287 e. The lowest BCUT2D eigenvalue weighted by Gasteiger charge is -2.01. The molecule has 4 nitrogen and oxygen atoms in total. The normalized spacial score (nSPS) is 10.7. The molecule has 3 aromatic rings. The molecule has 5 heteroatoms. The number of hydrogen-bond acceptors (Lipinski definition) is 4. The molecule has 18 heavy (non-hydrogen) atoms. The average molecular weight is 256 g/mol. The van der Waals surface area contributed by atoms with E-state index in [2.05, 4.69) is 4.98 Å². The zero-order valence-corrected chi connectivity index (χ0v) is 10.1. The van der Waals surface area contributed by atoms with E-state index in [0.29, 0.717) is 10.5 Å². The number of hydrogen-bond donors (Lipinski definition) is 0. The fourth-order valence-electron chi connectivity index (χ4n) is 1.72. The highest BCUT2D eigenvalue weighted by Crippen LogP contribution is 2.12. The van der Waals surface area contributed by atoms with E-state index in [1.54, 1.807) is 41.9 Å². The maximum Gasteiger partial charge on any atom is 0.269 e. The van der Waals surface area contributed by atoms with Crippen molar-refractivity contribution in [2.75, 3.05) is 0 Å². The van der Waals surface area contributed by atoms with Crippen LogP contribution >= 0.6 is 11.3 Å². The molecule has 0 aliphatic heterocycles. The Morgan fingerprint density at radius 1 is 1.22 bits per heavy atom. The first kappa shape index (κ1) is 10.9. The minimum atomic E-state index is -0.334. The summed E-state index contributed by atoms with van der Waals surface area (Å²) in [6, 6.07) is 8.73. The molecule has 0 unspecified atom stereocenters. The second kappa shape index (κ2) is 4.19. The van der Waals surface area contributed by atoms with Crippen LogP contribution in [0.25, 0.3) is 5.65 Å². The molecule has 0 amide bonds. The summed E-state index contributed by atoms with van der Waals surface area (Å²) in [5.74, 6) is -0.277. The number of pyridine rings is 1. The molecule has 0 aliphatic carbocycles. The van der Waals surface area contributed by atoms with Crippen molar-refractivity contribution < 1.29 is 4.79 Å². The maximum absolute atomic E-state index is 12.2. The number of nitrogens with zero attached hydrogens (tertiary/aromatic N) is 2. The van der Waals surface area contributed by atoms with Crippen LogP contribution in [0.2, 0.25) is 0 Å². The molecule has 0 spiro atoms. The Balaban J connectivity index is 2.22. The smallest absolute Gasteiger partial charge is 0.269 e. The topological polar surface area (TPSA) is 51.4 Å². The van der Waals surface area contributed by atoms with Gasteiger partial charge in [-0.05, 0) is 23.6 Å². The number of carbonyl (C=O) groups is 1. The van der Waals surface area contributed by atoms with Gasteiger partial charge in [-0.15, -0.1) is 11.3 Å². The van der Waals surface area contributed by atoms with Gasteiger partial charge in [0.25, 0.3) is 5.56 Å². The van der Waals surface area contributed by atoms with Crippen molar-refractivity contribution in [3.05, 3.63) is 68.9 Å². The van der Waals surface area contributed by atoms with Crippen LogP contribution < -0.4 is 5.56 Å². The zero-order chi connectivity index (χ0) is 12.5. The van der Waals surface area contributed by atoms with Crippen molar-refractivity contribution >= 4 is 22.8 Å². The van der Waals surface area contributed by atoms with Gasteiger partial charge in [0, 0.05) is 12.4 Å². The molecule has 0 bridgehead atoms. The average Bonchev–Trinajstić information content (AvgIpc) is 2.93. The van der Waals surface area contributed by atoms with Crippen LogP contribution in [0.1, 0.15) is 15.2 Å². The van der Waals surface area contributed by atoms with Gasteiger partial charge in [0.15, 0.2) is 0 Å². The summed E-state index contributed by atoms with van der Waals surface area (Å²) in [5, 5.41) is 1.80. The van der Waals surface area contributed by atoms with Gasteiger partial charge in [-0.2, -0.15) is 0 Å². The summed E-state index contributed by atoms with van der Waals surface area (Å²) in [7, 11) is 0. The highest BCUT2D eigenvalue weighted by atomic mass is 32.1. The Morgan fingerprint density at radius 3 is 2.89 bits per heavy atom. The van der Waals surface area contributed by atoms with Crippen molar-refractivity contribution in [3.8, 4) is 0 Å². The van der Waals surface area contributed by atoms with E-state index in [4.69, 9.17) is 0 Å². The second-order valence-electron chi connectivity index (χ2n) is 3.71. The number of aromatic nitrogens is 2. The van der Waals surface area contributed by atoms with Gasteiger partial charge in [0.05, 0.1) is 4.88 Å². The van der Waals surface area contributed by atoms with Crippen LogP contribution in [0.4, 0.5) is 0 Å². The lowest BCUT2D eigenvalue weighted by molar-refractivity contribution is 0.104. The summed E-state index contributed by atoms with van der Waals surface area (Å²) in [6.45, 7) is 0. The number of rotatable bonds is 2. The predicted octanol–water partition coefficient (Wildman–Crippen LogP) is 1.99. The Bertz CT molecular complexity index is 775. The second-order valence-corrected chi connectivity index (χ2v) is 4.66. The molecule has 0 atom stereocenters. The van der Waals surface area contributed by atoms with E-state index < -0.39 is 0 Å². The predicted molar refractivity (Wildman–Crippen MR) is 69.2 cm³/mol. The monoisotopic (exact) mass is 256 g/mol. The van der Waals surface area contributed by atoms with Gasteiger partial charge in [-0.1, -0.05) is 12.1 Å². The van der Waals surface area contributed by atoms with E-state index in [0.717, 1.165) is 0 Å². The quantitative estimate of drug-likeness (QED) is 0.659. The third-order valence-corrected chi connectivity index (χ3v) is 3.47. The third-order valence-electron chi connectivity index (χ3n) is 2.60. The summed E-state index contributed by atoms with van der Waals surface area (Å²) >= 11 is 1.31. The van der Waals surface area contributed by atoms with E-state index in [1.807, 2.05) is 0 Å². The van der Waals surface area contributed by atoms with Crippen LogP contribution in [0.15, 0.2) is 52.9 Å². The molecule has 88 valence electrons. The highest BCUT2D eigenvalue weighted by Gasteiger charge is 2.15. The molecule has 0 saturated heterocycles. The molecule has 0 aliphatic rings. The number of ketones is 1. The number of carbonyl (C=O) groups excluding carboxylic acids is 1. The molecule has 3 rings (SSSR count). The summed E-state index contributed by atoms with van der Waals surface area (Å²) in [5.41, 5.74) is 0.297. The third kappa shape index (κ3) is 1.65. The molecule has 0 aromatic carbocycles. The summed E-state index contributed by atoms with van der Waals surface area (Å²) < 4.78 is 1.38. The standard InChI is InChI=1S/C13H8N2O2S/c16-12(10-4-3-7-18-10)9-8-14-11-5-1-2-6-15(11)13(9)17/h1-8H. The van der Waals surface area contributed by atoms with Crippen LogP contribution in [0.5, 0.6) is 0 Å². The number of thiophene rings is 1. The largest absolute Gasteiger partial charge is 0.287 e. The van der Waals surface area contributed by atoms with Crippen LogP contribution in [0, 0.1) is 0 Å². The van der Waals surface area contributed by atoms with Gasteiger partial charge in [-0.25, -0.2) is 4.98 Å². The molecular formula is C13H8N2O2S. The first-order valence-corrected chi connectivity index (χ1v) is 6.20. The Hall–Kier alpha value is -2.27. The highest BCUT2D eigenvalue weighted by molar-refractivity contribution is 7.12. The molecule has 3 heterocycles. The summed E-state index contributed by atoms with van der Waals surface area (Å²) in [4.78, 5) is 29.0. The lowest BCUT2D eigenvalue weighted by Crippen LogP contribution is -2.22. The molecule has 0 radical (unpaired) electrons. The van der Waals surface area contributed by atoms with E-state index in [9.17, 15) is 9.59 Å². The SMILES string of the molecule is O=C(c1cccs1)c1cnc2ccccn2c1=O. The fourth-order valence-corrected chi connectivity index (χ4v) is 2.40. The zero-order valence-electron chi connectivity index (χ0n) is 9.24. The first-order valence-electron chi connectivity index (χ1n) is 5.32. The fraction of sp³-hybridized carbons (Fsp3) is 0. The van der Waals surface area contributed by atoms with Gasteiger partial charge < -0.3 is 0 Å². The Labute approximate surface area is 106 Å². The van der Waals surface area contributed by atoms with Gasteiger partial charge >= 0.3 is 0 Å². The van der Waals surface area contributed by atoms with Crippen molar-refractivity contribution in [1.82, 2.24) is 9.38 Å². The maximum atomic E-state index is 12.2. The van der Waals surface area contributed by atoms with Crippen molar-refractivity contribution in [3.63, 3.8) is 0 Å². The van der Waals surface area contributed by atoms with Gasteiger partial charge in [0.2, 0.25) is 5.78 Å². The van der Waals surface area contributed by atoms with Crippen LogP contribution in [-0.2, 0) is 0 Å². The molecule has 3 aromatic heterocycles. The lowest BCUT2D eigenvalue weighted by atomic mass is 10.2.